The van der Waals surface area contributed by atoms with Crippen LogP contribution in [0.1, 0.15) is 0 Å². The number of hydrogen-bond acceptors (Lipinski definition) is 8. The summed E-state index contributed by atoms with van der Waals surface area (Å²) >= 11 is 0. The first-order chi connectivity index (χ1) is 16.0. The fourth-order valence-electron chi connectivity index (χ4n) is 4.08. The molecule has 3 aromatic heterocycles. The molecule has 0 bridgehead atoms. The van der Waals surface area contributed by atoms with Gasteiger partial charge in [0.2, 0.25) is 12.3 Å². The van der Waals surface area contributed by atoms with Gasteiger partial charge in [0.15, 0.2) is 5.65 Å². The number of benzene rings is 1. The van der Waals surface area contributed by atoms with Crippen molar-refractivity contribution in [3.63, 3.8) is 0 Å². The predicted molar refractivity (Wildman–Crippen MR) is 126 cm³/mol. The maximum atomic E-state index is 12.5. The Morgan fingerprint density at radius 2 is 2.15 bits per heavy atom. The van der Waals surface area contributed by atoms with Gasteiger partial charge in [-0.1, -0.05) is 18.2 Å². The van der Waals surface area contributed by atoms with Crippen LogP contribution in [0, 0.1) is 0 Å². The zero-order valence-corrected chi connectivity index (χ0v) is 18.0. The molecule has 1 aromatic carbocycles. The van der Waals surface area contributed by atoms with E-state index in [2.05, 4.69) is 15.4 Å². The van der Waals surface area contributed by atoms with Gasteiger partial charge in [0.05, 0.1) is 11.7 Å². The normalized spacial score (nSPS) is 16.3. The number of nitrogens with zero attached hydrogens (tertiary/aromatic N) is 6. The monoisotopic (exact) mass is 440 g/mol. The molecule has 4 aromatic rings. The molecule has 0 spiro atoms. The van der Waals surface area contributed by atoms with Crippen molar-refractivity contribution in [1.82, 2.24) is 29.8 Å². The van der Waals surface area contributed by atoms with Crippen LogP contribution < -0.4 is 21.4 Å². The molecule has 1 saturated heterocycles. The number of aromatic nitrogens is 4. The third-order valence-electron chi connectivity index (χ3n) is 5.88. The molecule has 33 heavy (non-hydrogen) atoms. The number of nitrogens with two attached hydrogens (primary N) is 1. The van der Waals surface area contributed by atoms with E-state index in [-0.39, 0.29) is 17.2 Å². The van der Waals surface area contributed by atoms with Crippen LogP contribution in [0.3, 0.4) is 0 Å². The first-order valence-electron chi connectivity index (χ1n) is 10.5. The van der Waals surface area contributed by atoms with Crippen LogP contribution in [0.4, 0.5) is 11.6 Å². The Hall–Kier alpha value is -3.99. The fourth-order valence-corrected chi connectivity index (χ4v) is 4.08. The number of nitrogens with one attached hydrogen (secondary N) is 1. The smallest absolute Gasteiger partial charge is 0.247 e. The number of carbonyl (C=O) groups excluding carboxylic acids is 2. The number of fused-ring (bicyclic) bond motifs is 2. The van der Waals surface area contributed by atoms with Crippen LogP contribution in [0.15, 0.2) is 42.7 Å². The number of likely N-dealkylation sites (N-methyl/N-ethyl adjacent to an activating group) is 1. The third-order valence-corrected chi connectivity index (χ3v) is 5.88. The predicted octanol–water partition coefficient (Wildman–Crippen LogP) is -0.286. The average Bonchev–Trinajstić information content (AvgIpc) is 3.29. The summed E-state index contributed by atoms with van der Waals surface area (Å²) in [5, 5.41) is 8.53. The van der Waals surface area contributed by atoms with Crippen molar-refractivity contribution in [2.24, 2.45) is 0 Å². The number of anilines is 2. The first kappa shape index (κ1) is 20.9. The summed E-state index contributed by atoms with van der Waals surface area (Å²) in [6.07, 6.45) is 3.97. The van der Waals surface area contributed by atoms with Gasteiger partial charge in [0.1, 0.15) is 25.5 Å². The summed E-state index contributed by atoms with van der Waals surface area (Å²) in [5.74, 6) is 0.416. The van der Waals surface area contributed by atoms with Crippen LogP contribution >= 0.6 is 0 Å². The molecule has 164 valence electrons. The molecule has 0 saturated carbocycles. The van der Waals surface area contributed by atoms with Gasteiger partial charge < -0.3 is 16.0 Å². The van der Waals surface area contributed by atoms with Gasteiger partial charge in [-0.25, -0.2) is 4.98 Å². The minimum Gasteiger partial charge on any atom is -0.384 e. The van der Waals surface area contributed by atoms with E-state index in [4.69, 9.17) is 18.6 Å². The Morgan fingerprint density at radius 3 is 2.97 bits per heavy atom. The minimum atomic E-state index is -0.568. The van der Waals surface area contributed by atoms with Crippen molar-refractivity contribution in [1.29, 1.82) is 0 Å². The lowest BCUT2D eigenvalue weighted by molar-refractivity contribution is -0.138. The number of para-hydroxylation sites is 1. The van der Waals surface area contributed by atoms with E-state index in [0.717, 1.165) is 26.9 Å². The number of pyridine rings is 1. The number of amides is 2. The Bertz CT molecular complexity index is 1390. The second-order valence-corrected chi connectivity index (χ2v) is 7.95. The van der Waals surface area contributed by atoms with E-state index in [1.165, 1.54) is 11.6 Å². The van der Waals surface area contributed by atoms with Crippen molar-refractivity contribution in [2.75, 3.05) is 37.3 Å². The summed E-state index contributed by atoms with van der Waals surface area (Å²) in [6.45, 7) is 1.39. The van der Waals surface area contributed by atoms with Gasteiger partial charge in [-0.3, -0.25) is 19.5 Å². The molecule has 4 heterocycles. The SMILES string of the molecule is [B]c1c(N2CCNC(C(=O)N(C)C=O)C2)nc2c(-c3cnc4ccccc4c3)cnn2c1N. The van der Waals surface area contributed by atoms with Crippen LogP contribution in [0.5, 0.6) is 0 Å². The van der Waals surface area contributed by atoms with E-state index in [9.17, 15) is 9.59 Å². The molecule has 11 heteroatoms. The standard InChI is InChI=1S/C22H21BN8O2/c1-29(12-32)22(33)17-11-30(7-6-25-17)21-18(23)19(24)31-20(28-21)15(10-27-31)14-8-13-4-2-3-5-16(13)26-9-14/h2-5,8-10,12,17,25H,6-7,11,24H2,1H3. The Kier molecular flexibility index (Phi) is 5.17. The average molecular weight is 440 g/mol. The molecule has 1 fully saturated rings. The maximum Gasteiger partial charge on any atom is 0.247 e. The van der Waals surface area contributed by atoms with E-state index in [1.807, 2.05) is 35.2 Å². The highest BCUT2D eigenvalue weighted by molar-refractivity contribution is 6.38. The molecular weight excluding hydrogens is 419 g/mol. The quantitative estimate of drug-likeness (QED) is 0.328. The lowest BCUT2D eigenvalue weighted by Crippen LogP contribution is -2.58. The van der Waals surface area contributed by atoms with Crippen LogP contribution in [0.2, 0.25) is 0 Å². The molecule has 5 rings (SSSR count). The van der Waals surface area contributed by atoms with Gasteiger partial charge in [-0.05, 0) is 17.6 Å². The number of carbonyl (C=O) groups is 2. The zero-order valence-electron chi connectivity index (χ0n) is 18.0. The topological polar surface area (TPSA) is 122 Å². The number of hydrogen-bond donors (Lipinski definition) is 2. The largest absolute Gasteiger partial charge is 0.384 e. The number of piperazine rings is 1. The number of nitrogen functional groups attached to an aromatic ring is 1. The van der Waals surface area contributed by atoms with Gasteiger partial charge in [0.25, 0.3) is 0 Å². The van der Waals surface area contributed by atoms with Crippen LogP contribution in [-0.2, 0) is 9.59 Å². The number of rotatable bonds is 4. The van der Waals surface area contributed by atoms with Crippen molar-refractivity contribution in [2.45, 2.75) is 6.04 Å². The second-order valence-electron chi connectivity index (χ2n) is 7.95. The van der Waals surface area contributed by atoms with Crippen molar-refractivity contribution >= 4 is 53.8 Å². The van der Waals surface area contributed by atoms with E-state index >= 15 is 0 Å². The summed E-state index contributed by atoms with van der Waals surface area (Å²) in [7, 11) is 7.77. The molecular formula is C22H21BN8O2. The van der Waals surface area contributed by atoms with Crippen molar-refractivity contribution < 1.29 is 9.59 Å². The minimum absolute atomic E-state index is 0.265. The Morgan fingerprint density at radius 1 is 1.33 bits per heavy atom. The van der Waals surface area contributed by atoms with Gasteiger partial charge in [-0.15, -0.1) is 0 Å². The van der Waals surface area contributed by atoms with Crippen LogP contribution in [0.25, 0.3) is 27.7 Å². The molecule has 1 atom stereocenters. The highest BCUT2D eigenvalue weighted by Crippen LogP contribution is 2.28. The van der Waals surface area contributed by atoms with Gasteiger partial charge in [-0.2, -0.15) is 9.61 Å². The summed E-state index contributed by atoms with van der Waals surface area (Å²) in [6, 6.07) is 9.32. The highest BCUT2D eigenvalue weighted by Gasteiger charge is 2.29. The molecule has 2 amide bonds. The molecule has 1 unspecified atom stereocenters. The summed E-state index contributed by atoms with van der Waals surface area (Å²) in [5.41, 5.74) is 9.67. The van der Waals surface area contributed by atoms with Gasteiger partial charge >= 0.3 is 0 Å². The van der Waals surface area contributed by atoms with Crippen LogP contribution in [-0.4, -0.2) is 77.4 Å². The molecule has 3 N–H and O–H groups in total. The van der Waals surface area contributed by atoms with Crippen molar-refractivity contribution in [3.05, 3.63) is 42.7 Å². The first-order valence-corrected chi connectivity index (χ1v) is 10.5. The van der Waals surface area contributed by atoms with E-state index in [1.54, 1.807) is 12.4 Å². The third kappa shape index (κ3) is 3.56. The summed E-state index contributed by atoms with van der Waals surface area (Å²) in [4.78, 5) is 35.8. The lowest BCUT2D eigenvalue weighted by Gasteiger charge is -2.35. The van der Waals surface area contributed by atoms with E-state index in [0.29, 0.717) is 37.5 Å². The van der Waals surface area contributed by atoms with E-state index < -0.39 is 6.04 Å². The maximum absolute atomic E-state index is 12.5. The Balaban J connectivity index is 1.57. The second kappa shape index (κ2) is 8.17. The highest BCUT2D eigenvalue weighted by atomic mass is 16.2. The fraction of sp³-hybridized carbons (Fsp3) is 0.227. The zero-order chi connectivity index (χ0) is 23.1. The van der Waals surface area contributed by atoms with Crippen molar-refractivity contribution in [3.8, 4) is 11.1 Å². The molecule has 10 nitrogen and oxygen atoms in total. The lowest BCUT2D eigenvalue weighted by atomic mass is 9.96. The van der Waals surface area contributed by atoms with Gasteiger partial charge in [0, 0.05) is 49.4 Å². The molecule has 1 aliphatic heterocycles. The summed E-state index contributed by atoms with van der Waals surface area (Å²) < 4.78 is 1.51. The number of imide groups is 1. The molecule has 2 radical (unpaired) electrons. The molecule has 1 aliphatic rings. The Labute approximate surface area is 190 Å². The molecule has 0 aliphatic carbocycles.